The van der Waals surface area contributed by atoms with Crippen LogP contribution in [0.1, 0.15) is 49.7 Å². The lowest BCUT2D eigenvalue weighted by molar-refractivity contribution is 0.516. The Morgan fingerprint density at radius 1 is 0.762 bits per heavy atom. The smallest absolute Gasteiger partial charge is 0.0674 e. The third-order valence-corrected chi connectivity index (χ3v) is 5.09. The number of para-hydroxylation sites is 1. The van der Waals surface area contributed by atoms with Crippen molar-refractivity contribution in [2.75, 3.05) is 0 Å². The van der Waals surface area contributed by atoms with E-state index in [0.717, 1.165) is 6.42 Å². The third kappa shape index (κ3) is 1.95. The normalized spacial score (nSPS) is 24.5. The fraction of sp³-hybridized carbons (Fsp3) is 0.350. The number of aliphatic imine (C=N–C) groups is 1. The van der Waals surface area contributed by atoms with Gasteiger partial charge in [0.15, 0.2) is 0 Å². The van der Waals surface area contributed by atoms with Crippen LogP contribution in [0.15, 0.2) is 59.6 Å². The van der Waals surface area contributed by atoms with Crippen molar-refractivity contribution in [2.45, 2.75) is 43.9 Å². The minimum absolute atomic E-state index is 0.0400. The van der Waals surface area contributed by atoms with E-state index >= 15 is 0 Å². The number of hydrogen-bond donors (Lipinski definition) is 0. The minimum atomic E-state index is 0.0400. The van der Waals surface area contributed by atoms with Gasteiger partial charge in [0.05, 0.1) is 11.1 Å². The summed E-state index contributed by atoms with van der Waals surface area (Å²) >= 11 is 0. The zero-order valence-corrected chi connectivity index (χ0v) is 12.4. The number of nitrogens with zero attached hydrogens (tertiary/aromatic N) is 1. The Kier molecular flexibility index (Phi) is 3.14. The van der Waals surface area contributed by atoms with E-state index in [0.29, 0.717) is 0 Å². The second-order valence-electron chi connectivity index (χ2n) is 6.26. The fourth-order valence-corrected chi connectivity index (χ4v) is 4.10. The summed E-state index contributed by atoms with van der Waals surface area (Å²) in [6.45, 7) is 0. The lowest BCUT2D eigenvalue weighted by Crippen LogP contribution is -2.35. The molecule has 0 N–H and O–H groups in total. The molecular formula is C20H21N. The molecular weight excluding hydrogens is 254 g/mol. The molecule has 0 bridgehead atoms. The first-order chi connectivity index (χ1) is 10.4. The highest BCUT2D eigenvalue weighted by atomic mass is 14.8. The molecule has 1 aliphatic carbocycles. The van der Waals surface area contributed by atoms with Gasteiger partial charge in [-0.25, -0.2) is 0 Å². The summed E-state index contributed by atoms with van der Waals surface area (Å²) in [4.78, 5) is 5.04. The summed E-state index contributed by atoms with van der Waals surface area (Å²) in [6, 6.07) is 19.8. The van der Waals surface area contributed by atoms with Gasteiger partial charge in [-0.3, -0.25) is 4.99 Å². The maximum absolute atomic E-state index is 5.04. The van der Waals surface area contributed by atoms with E-state index in [1.54, 1.807) is 0 Å². The lowest BCUT2D eigenvalue weighted by Gasteiger charge is -2.34. The summed E-state index contributed by atoms with van der Waals surface area (Å²) in [5, 5.41) is 0. The Balaban J connectivity index is 1.94. The molecule has 1 heteroatoms. The molecule has 21 heavy (non-hydrogen) atoms. The molecule has 1 saturated carbocycles. The molecule has 1 aliphatic heterocycles. The summed E-state index contributed by atoms with van der Waals surface area (Å²) in [6.07, 6.45) is 7.62. The van der Waals surface area contributed by atoms with Crippen LogP contribution in [-0.4, -0.2) is 5.71 Å². The van der Waals surface area contributed by atoms with Gasteiger partial charge in [0.1, 0.15) is 0 Å². The van der Waals surface area contributed by atoms with Crippen LogP contribution in [0.25, 0.3) is 0 Å². The van der Waals surface area contributed by atoms with Gasteiger partial charge in [0, 0.05) is 5.71 Å². The molecule has 0 aromatic heterocycles. The molecule has 1 fully saturated rings. The van der Waals surface area contributed by atoms with Crippen LogP contribution >= 0.6 is 0 Å². The number of rotatable bonds is 1. The van der Waals surface area contributed by atoms with Crippen molar-refractivity contribution in [3.8, 4) is 0 Å². The van der Waals surface area contributed by atoms with Gasteiger partial charge in [0.2, 0.25) is 0 Å². The molecule has 1 atom stereocenters. The average Bonchev–Trinajstić information content (AvgIpc) is 2.82. The van der Waals surface area contributed by atoms with Crippen LogP contribution < -0.4 is 0 Å². The summed E-state index contributed by atoms with van der Waals surface area (Å²) in [5.41, 5.74) is 5.48. The molecule has 1 unspecified atom stereocenters. The van der Waals surface area contributed by atoms with Crippen molar-refractivity contribution in [3.05, 3.63) is 65.7 Å². The van der Waals surface area contributed by atoms with Crippen LogP contribution in [0.3, 0.4) is 0 Å². The highest BCUT2D eigenvalue weighted by Gasteiger charge is 2.44. The maximum atomic E-state index is 5.04. The van der Waals surface area contributed by atoms with Crippen LogP contribution in [0.2, 0.25) is 0 Å². The largest absolute Gasteiger partial charge is 0.256 e. The maximum Gasteiger partial charge on any atom is 0.0674 e. The highest BCUT2D eigenvalue weighted by molar-refractivity contribution is 6.04. The Morgan fingerprint density at radius 2 is 1.52 bits per heavy atom. The summed E-state index contributed by atoms with van der Waals surface area (Å²) in [5.74, 6) is 0. The van der Waals surface area contributed by atoms with Crippen LogP contribution in [0.4, 0.5) is 5.69 Å². The molecule has 1 nitrogen and oxygen atoms in total. The van der Waals surface area contributed by atoms with E-state index in [-0.39, 0.29) is 5.41 Å². The number of fused-ring (bicyclic) bond motifs is 3. The predicted molar refractivity (Wildman–Crippen MR) is 88.5 cm³/mol. The molecule has 2 aliphatic rings. The number of benzene rings is 2. The topological polar surface area (TPSA) is 12.4 Å². The average molecular weight is 275 g/mol. The Bertz CT molecular complexity index is 671. The summed E-state index contributed by atoms with van der Waals surface area (Å²) in [7, 11) is 0. The van der Waals surface area contributed by atoms with E-state index in [1.165, 1.54) is 54.6 Å². The molecule has 0 saturated heterocycles. The highest BCUT2D eigenvalue weighted by Crippen LogP contribution is 2.49. The zero-order valence-electron chi connectivity index (χ0n) is 12.4. The standard InChI is InChI=1S/C20H21N/c1-2-9-15-20(16-10-4-3-5-11-16)17-12-7-8-13-18(17)21-19(20)14-6-1/h3-5,7-8,10-13H,1-2,6,9,14-15H2. The Labute approximate surface area is 126 Å². The molecule has 0 spiro atoms. The van der Waals surface area contributed by atoms with E-state index in [9.17, 15) is 0 Å². The number of hydrogen-bond acceptors (Lipinski definition) is 1. The third-order valence-electron chi connectivity index (χ3n) is 5.09. The molecule has 0 amide bonds. The fourth-order valence-electron chi connectivity index (χ4n) is 4.10. The first-order valence-electron chi connectivity index (χ1n) is 8.14. The quantitative estimate of drug-likeness (QED) is 0.659. The predicted octanol–water partition coefficient (Wildman–Crippen LogP) is 5.41. The molecule has 0 radical (unpaired) electrons. The van der Waals surface area contributed by atoms with Gasteiger partial charge in [-0.1, -0.05) is 67.8 Å². The van der Waals surface area contributed by atoms with Crippen molar-refractivity contribution in [2.24, 2.45) is 4.99 Å². The Morgan fingerprint density at radius 3 is 2.43 bits per heavy atom. The van der Waals surface area contributed by atoms with Crippen LogP contribution in [0, 0.1) is 0 Å². The molecule has 1 heterocycles. The van der Waals surface area contributed by atoms with Crippen molar-refractivity contribution < 1.29 is 0 Å². The van der Waals surface area contributed by atoms with E-state index in [1.807, 2.05) is 0 Å². The van der Waals surface area contributed by atoms with Crippen molar-refractivity contribution in [3.63, 3.8) is 0 Å². The molecule has 106 valence electrons. The van der Waals surface area contributed by atoms with E-state index in [4.69, 9.17) is 4.99 Å². The van der Waals surface area contributed by atoms with Gasteiger partial charge in [0.25, 0.3) is 0 Å². The van der Waals surface area contributed by atoms with Crippen LogP contribution in [-0.2, 0) is 5.41 Å². The van der Waals surface area contributed by atoms with Crippen LogP contribution in [0.5, 0.6) is 0 Å². The monoisotopic (exact) mass is 275 g/mol. The molecule has 2 aromatic carbocycles. The first kappa shape index (κ1) is 12.8. The second kappa shape index (κ2) is 5.14. The molecule has 4 rings (SSSR count). The van der Waals surface area contributed by atoms with Crippen molar-refractivity contribution in [1.29, 1.82) is 0 Å². The van der Waals surface area contributed by atoms with Gasteiger partial charge in [-0.15, -0.1) is 0 Å². The SMILES string of the molecule is c1ccc(C23CCCCCCC2=Nc2ccccc23)cc1. The van der Waals surface area contributed by atoms with E-state index < -0.39 is 0 Å². The van der Waals surface area contributed by atoms with Gasteiger partial charge in [-0.2, -0.15) is 0 Å². The lowest BCUT2D eigenvalue weighted by atomic mass is 9.67. The van der Waals surface area contributed by atoms with Gasteiger partial charge < -0.3 is 0 Å². The summed E-state index contributed by atoms with van der Waals surface area (Å²) < 4.78 is 0. The van der Waals surface area contributed by atoms with Gasteiger partial charge >= 0.3 is 0 Å². The second-order valence-corrected chi connectivity index (χ2v) is 6.26. The first-order valence-corrected chi connectivity index (χ1v) is 8.14. The van der Waals surface area contributed by atoms with Gasteiger partial charge in [-0.05, 0) is 36.5 Å². The van der Waals surface area contributed by atoms with Crippen molar-refractivity contribution >= 4 is 11.4 Å². The zero-order chi connectivity index (χ0) is 14.1. The Hall–Kier alpha value is -1.89. The minimum Gasteiger partial charge on any atom is -0.256 e. The van der Waals surface area contributed by atoms with Crippen molar-refractivity contribution in [1.82, 2.24) is 0 Å². The van der Waals surface area contributed by atoms with E-state index in [2.05, 4.69) is 54.6 Å². The molecule has 2 aromatic rings.